The van der Waals surface area contributed by atoms with Crippen molar-refractivity contribution in [3.63, 3.8) is 0 Å². The lowest BCUT2D eigenvalue weighted by molar-refractivity contribution is -0.123. The predicted molar refractivity (Wildman–Crippen MR) is 125 cm³/mol. The molecule has 6 heteroatoms. The normalized spacial score (nSPS) is 14.9. The van der Waals surface area contributed by atoms with Crippen molar-refractivity contribution in [2.45, 2.75) is 26.7 Å². The first-order chi connectivity index (χ1) is 15.0. The number of rotatable bonds is 9. The van der Waals surface area contributed by atoms with Gasteiger partial charge in [-0.05, 0) is 49.4 Å². The van der Waals surface area contributed by atoms with Crippen LogP contribution in [0.4, 0.5) is 5.69 Å². The quantitative estimate of drug-likeness (QED) is 0.610. The highest BCUT2D eigenvalue weighted by Gasteiger charge is 2.20. The van der Waals surface area contributed by atoms with Gasteiger partial charge in [-0.3, -0.25) is 19.4 Å². The topological polar surface area (TPSA) is 64.7 Å². The Hall–Kier alpha value is -2.70. The van der Waals surface area contributed by atoms with E-state index >= 15 is 0 Å². The van der Waals surface area contributed by atoms with Crippen LogP contribution in [-0.4, -0.2) is 67.4 Å². The number of carbonyl (C=O) groups is 2. The van der Waals surface area contributed by atoms with E-state index in [1.54, 1.807) is 0 Å². The van der Waals surface area contributed by atoms with E-state index in [9.17, 15) is 9.59 Å². The maximum atomic E-state index is 12.4. The molecule has 2 amide bonds. The van der Waals surface area contributed by atoms with Gasteiger partial charge in [0.2, 0.25) is 11.8 Å². The largest absolute Gasteiger partial charge is 0.355 e. The molecule has 0 aromatic heterocycles. The second kappa shape index (κ2) is 11.6. The molecule has 1 aliphatic heterocycles. The summed E-state index contributed by atoms with van der Waals surface area (Å²) in [6.07, 6.45) is 1.92. The smallest absolute Gasteiger partial charge is 0.238 e. The van der Waals surface area contributed by atoms with Crippen LogP contribution in [0.1, 0.15) is 23.1 Å². The number of aryl methyl sites for hydroxylation is 2. The summed E-state index contributed by atoms with van der Waals surface area (Å²) in [5.41, 5.74) is 4.46. The molecule has 1 heterocycles. The lowest BCUT2D eigenvalue weighted by Gasteiger charge is -2.33. The average Bonchev–Trinajstić information content (AvgIpc) is 2.77. The molecule has 2 N–H and O–H groups in total. The summed E-state index contributed by atoms with van der Waals surface area (Å²) in [7, 11) is 0. The van der Waals surface area contributed by atoms with Crippen LogP contribution in [0.2, 0.25) is 0 Å². The fourth-order valence-corrected chi connectivity index (χ4v) is 3.81. The van der Waals surface area contributed by atoms with Crippen molar-refractivity contribution in [3.8, 4) is 0 Å². The summed E-state index contributed by atoms with van der Waals surface area (Å²) in [6, 6.07) is 16.3. The van der Waals surface area contributed by atoms with Crippen molar-refractivity contribution < 1.29 is 9.59 Å². The summed E-state index contributed by atoms with van der Waals surface area (Å²) in [5.74, 6) is 0.0903. The van der Waals surface area contributed by atoms with Gasteiger partial charge in [-0.15, -0.1) is 0 Å². The Labute approximate surface area is 185 Å². The second-order valence-corrected chi connectivity index (χ2v) is 8.29. The van der Waals surface area contributed by atoms with Crippen LogP contribution < -0.4 is 10.6 Å². The Bertz CT molecular complexity index is 861. The van der Waals surface area contributed by atoms with Crippen molar-refractivity contribution in [3.05, 3.63) is 65.2 Å². The van der Waals surface area contributed by atoms with Gasteiger partial charge in [0, 0.05) is 38.4 Å². The summed E-state index contributed by atoms with van der Waals surface area (Å²) in [5, 5.41) is 6.05. The molecular weight excluding hydrogens is 388 g/mol. The standard InChI is InChI=1S/C25H34N4O2/c1-20-8-6-12-23(21(20)2)27-25(31)19-29-16-14-28(15-17-29)18-24(30)26-13-7-11-22-9-4-3-5-10-22/h3-6,8-10,12H,7,11,13-19H2,1-2H3,(H,26,30)(H,27,31). The molecule has 2 aromatic carbocycles. The molecule has 0 bridgehead atoms. The van der Waals surface area contributed by atoms with Gasteiger partial charge in [0.05, 0.1) is 13.1 Å². The summed E-state index contributed by atoms with van der Waals surface area (Å²) >= 11 is 0. The van der Waals surface area contributed by atoms with Crippen molar-refractivity contribution >= 4 is 17.5 Å². The number of anilines is 1. The van der Waals surface area contributed by atoms with Crippen LogP contribution in [0.3, 0.4) is 0 Å². The Morgan fingerprint density at radius 1 is 0.839 bits per heavy atom. The number of piperazine rings is 1. The van der Waals surface area contributed by atoms with E-state index in [4.69, 9.17) is 0 Å². The lowest BCUT2D eigenvalue weighted by Crippen LogP contribution is -2.51. The minimum absolute atomic E-state index is 0.0123. The molecule has 166 valence electrons. The second-order valence-electron chi connectivity index (χ2n) is 8.29. The van der Waals surface area contributed by atoms with E-state index in [2.05, 4.69) is 32.6 Å². The molecule has 3 rings (SSSR count). The molecule has 0 aliphatic carbocycles. The monoisotopic (exact) mass is 422 g/mol. The zero-order valence-electron chi connectivity index (χ0n) is 18.7. The molecule has 0 atom stereocenters. The Morgan fingerprint density at radius 2 is 1.48 bits per heavy atom. The van der Waals surface area contributed by atoms with Gasteiger partial charge in [-0.25, -0.2) is 0 Å². The highest BCUT2D eigenvalue weighted by atomic mass is 16.2. The minimum atomic E-state index is 0.0123. The van der Waals surface area contributed by atoms with E-state index in [0.29, 0.717) is 19.6 Å². The number of hydrogen-bond acceptors (Lipinski definition) is 4. The summed E-state index contributed by atoms with van der Waals surface area (Å²) < 4.78 is 0. The van der Waals surface area contributed by atoms with Crippen molar-refractivity contribution in [1.82, 2.24) is 15.1 Å². The first-order valence-corrected chi connectivity index (χ1v) is 11.1. The Kier molecular flexibility index (Phi) is 8.62. The maximum absolute atomic E-state index is 12.4. The predicted octanol–water partition coefficient (Wildman–Crippen LogP) is 2.61. The van der Waals surface area contributed by atoms with Gasteiger partial charge in [0.1, 0.15) is 0 Å². The molecule has 1 fully saturated rings. The molecule has 6 nitrogen and oxygen atoms in total. The molecular formula is C25H34N4O2. The first kappa shape index (κ1) is 23.0. The highest BCUT2D eigenvalue weighted by Crippen LogP contribution is 2.18. The van der Waals surface area contributed by atoms with Crippen molar-refractivity contribution in [1.29, 1.82) is 0 Å². The fourth-order valence-electron chi connectivity index (χ4n) is 3.81. The van der Waals surface area contributed by atoms with E-state index in [0.717, 1.165) is 50.3 Å². The molecule has 1 aliphatic rings. The number of nitrogens with one attached hydrogen (secondary N) is 2. The molecule has 31 heavy (non-hydrogen) atoms. The van der Waals surface area contributed by atoms with Gasteiger partial charge in [0.15, 0.2) is 0 Å². The zero-order valence-corrected chi connectivity index (χ0v) is 18.7. The van der Waals surface area contributed by atoms with Gasteiger partial charge >= 0.3 is 0 Å². The van der Waals surface area contributed by atoms with Crippen LogP contribution in [0.25, 0.3) is 0 Å². The van der Waals surface area contributed by atoms with Crippen molar-refractivity contribution in [2.75, 3.05) is 51.1 Å². The third-order valence-corrected chi connectivity index (χ3v) is 5.89. The highest BCUT2D eigenvalue weighted by molar-refractivity contribution is 5.93. The fraction of sp³-hybridized carbons (Fsp3) is 0.440. The number of carbonyl (C=O) groups excluding carboxylic acids is 2. The van der Waals surface area contributed by atoms with E-state index in [1.165, 1.54) is 11.1 Å². The number of benzene rings is 2. The third kappa shape index (κ3) is 7.49. The van der Waals surface area contributed by atoms with Gasteiger partial charge in [-0.2, -0.15) is 0 Å². The van der Waals surface area contributed by atoms with Crippen LogP contribution >= 0.6 is 0 Å². The minimum Gasteiger partial charge on any atom is -0.355 e. The summed E-state index contributed by atoms with van der Waals surface area (Å²) in [4.78, 5) is 28.9. The van der Waals surface area contributed by atoms with Crippen LogP contribution in [0.5, 0.6) is 0 Å². The third-order valence-electron chi connectivity index (χ3n) is 5.89. The molecule has 2 aromatic rings. The number of nitrogens with zero attached hydrogens (tertiary/aromatic N) is 2. The van der Waals surface area contributed by atoms with E-state index in [1.807, 2.05) is 50.2 Å². The lowest BCUT2D eigenvalue weighted by atomic mass is 10.1. The van der Waals surface area contributed by atoms with Crippen LogP contribution in [-0.2, 0) is 16.0 Å². The number of hydrogen-bond donors (Lipinski definition) is 2. The van der Waals surface area contributed by atoms with E-state index in [-0.39, 0.29) is 11.8 Å². The van der Waals surface area contributed by atoms with Crippen LogP contribution in [0.15, 0.2) is 48.5 Å². The van der Waals surface area contributed by atoms with Gasteiger partial charge in [0.25, 0.3) is 0 Å². The molecule has 0 unspecified atom stereocenters. The average molecular weight is 423 g/mol. The van der Waals surface area contributed by atoms with Crippen molar-refractivity contribution in [2.24, 2.45) is 0 Å². The van der Waals surface area contributed by atoms with E-state index < -0.39 is 0 Å². The number of amides is 2. The SMILES string of the molecule is Cc1cccc(NC(=O)CN2CCN(CC(=O)NCCCc3ccccc3)CC2)c1C. The van der Waals surface area contributed by atoms with Gasteiger partial charge in [-0.1, -0.05) is 42.5 Å². The first-order valence-electron chi connectivity index (χ1n) is 11.1. The summed E-state index contributed by atoms with van der Waals surface area (Å²) in [6.45, 7) is 8.76. The molecule has 0 saturated carbocycles. The molecule has 1 saturated heterocycles. The Morgan fingerprint density at radius 3 is 2.16 bits per heavy atom. The molecule has 0 radical (unpaired) electrons. The van der Waals surface area contributed by atoms with Gasteiger partial charge < -0.3 is 10.6 Å². The van der Waals surface area contributed by atoms with Crippen LogP contribution in [0, 0.1) is 13.8 Å². The molecule has 0 spiro atoms. The Balaban J connectivity index is 1.30. The zero-order chi connectivity index (χ0) is 22.1. The maximum Gasteiger partial charge on any atom is 0.238 e.